The average molecular weight is 261 g/mol. The highest BCUT2D eigenvalue weighted by Crippen LogP contribution is 2.39. The van der Waals surface area contributed by atoms with Crippen LogP contribution in [0.2, 0.25) is 0 Å². The molecule has 1 atom stereocenters. The van der Waals surface area contributed by atoms with Crippen LogP contribution in [0, 0.1) is 6.92 Å². The lowest BCUT2D eigenvalue weighted by Crippen LogP contribution is -2.17. The molecule has 1 fully saturated rings. The Labute approximate surface area is 111 Å². The van der Waals surface area contributed by atoms with E-state index in [1.165, 1.54) is 12.8 Å². The number of hydrogen-bond acceptors (Lipinski definition) is 5. The predicted molar refractivity (Wildman–Crippen MR) is 73.2 cm³/mol. The monoisotopic (exact) mass is 261 g/mol. The first kappa shape index (κ1) is 12.3. The lowest BCUT2D eigenvalue weighted by Gasteiger charge is -2.10. The van der Waals surface area contributed by atoms with E-state index in [2.05, 4.69) is 20.4 Å². The zero-order valence-electron chi connectivity index (χ0n) is 11.5. The number of nitrogens with zero attached hydrogens (tertiary/aromatic N) is 4. The van der Waals surface area contributed by atoms with Gasteiger partial charge in [-0.2, -0.15) is 5.10 Å². The molecule has 1 aliphatic carbocycles. The van der Waals surface area contributed by atoms with E-state index in [9.17, 15) is 5.11 Å². The molecule has 2 aromatic rings. The fourth-order valence-electron chi connectivity index (χ4n) is 2.25. The molecule has 2 heterocycles. The number of nitrogens with one attached hydrogen (secondary N) is 1. The number of hydrogen-bond donors (Lipinski definition) is 2. The topological polar surface area (TPSA) is 75.9 Å². The number of aryl methyl sites for hydroxylation is 2. The van der Waals surface area contributed by atoms with Gasteiger partial charge in [0.1, 0.15) is 16.9 Å². The van der Waals surface area contributed by atoms with Crippen molar-refractivity contribution in [3.8, 4) is 0 Å². The van der Waals surface area contributed by atoms with E-state index in [4.69, 9.17) is 0 Å². The Hall–Kier alpha value is -1.69. The summed E-state index contributed by atoms with van der Waals surface area (Å²) < 4.78 is 1.80. The van der Waals surface area contributed by atoms with Gasteiger partial charge in [-0.1, -0.05) is 0 Å². The molecule has 0 saturated heterocycles. The molecule has 0 aliphatic heterocycles. The molecule has 2 N–H and O–H groups in total. The predicted octanol–water partition coefficient (Wildman–Crippen LogP) is 1.34. The number of aromatic nitrogens is 4. The first-order valence-corrected chi connectivity index (χ1v) is 6.69. The molecule has 0 bridgehead atoms. The summed E-state index contributed by atoms with van der Waals surface area (Å²) in [5, 5.41) is 17.0. The minimum absolute atomic E-state index is 0.413. The highest BCUT2D eigenvalue weighted by molar-refractivity contribution is 5.87. The van der Waals surface area contributed by atoms with Crippen molar-refractivity contribution >= 4 is 16.9 Å². The van der Waals surface area contributed by atoms with Crippen LogP contribution in [0.5, 0.6) is 0 Å². The standard InChI is InChI=1S/C13H19N5O/c1-7(19)6-14-13-11-10(8(2)17-18(11)3)15-12(16-13)9-4-5-9/h7,9,19H,4-6H2,1-3H3,(H,14,15,16)/t7-/m1/s1. The van der Waals surface area contributed by atoms with Crippen LogP contribution in [0.25, 0.3) is 11.0 Å². The summed E-state index contributed by atoms with van der Waals surface area (Å²) in [7, 11) is 1.89. The summed E-state index contributed by atoms with van der Waals surface area (Å²) in [5.41, 5.74) is 2.73. The molecule has 6 heteroatoms. The van der Waals surface area contributed by atoms with Gasteiger partial charge in [-0.15, -0.1) is 0 Å². The van der Waals surface area contributed by atoms with E-state index >= 15 is 0 Å². The molecule has 0 spiro atoms. The minimum Gasteiger partial charge on any atom is -0.392 e. The molecule has 102 valence electrons. The quantitative estimate of drug-likeness (QED) is 0.868. The fourth-order valence-corrected chi connectivity index (χ4v) is 2.25. The molecule has 1 saturated carbocycles. The SMILES string of the molecule is Cc1nn(C)c2c(NC[C@@H](C)O)nc(C3CC3)nc12. The van der Waals surface area contributed by atoms with Gasteiger partial charge < -0.3 is 10.4 Å². The van der Waals surface area contributed by atoms with E-state index in [1.807, 2.05) is 14.0 Å². The maximum absolute atomic E-state index is 9.42. The zero-order valence-corrected chi connectivity index (χ0v) is 11.5. The highest BCUT2D eigenvalue weighted by atomic mass is 16.3. The van der Waals surface area contributed by atoms with E-state index in [0.29, 0.717) is 12.5 Å². The molecule has 0 unspecified atom stereocenters. The molecular weight excluding hydrogens is 242 g/mol. The van der Waals surface area contributed by atoms with Crippen molar-refractivity contribution in [1.82, 2.24) is 19.7 Å². The summed E-state index contributed by atoms with van der Waals surface area (Å²) in [6.45, 7) is 4.19. The Balaban J connectivity index is 2.10. The van der Waals surface area contributed by atoms with Gasteiger partial charge in [0.05, 0.1) is 11.8 Å². The summed E-state index contributed by atoms with van der Waals surface area (Å²) in [6, 6.07) is 0. The molecule has 0 amide bonds. The number of aliphatic hydroxyl groups is 1. The van der Waals surface area contributed by atoms with Crippen molar-refractivity contribution < 1.29 is 5.11 Å². The number of rotatable bonds is 4. The fraction of sp³-hybridized carbons (Fsp3) is 0.615. The third-order valence-corrected chi connectivity index (χ3v) is 3.38. The van der Waals surface area contributed by atoms with Gasteiger partial charge in [-0.3, -0.25) is 4.68 Å². The molecule has 6 nitrogen and oxygen atoms in total. The second-order valence-corrected chi connectivity index (χ2v) is 5.34. The molecule has 1 aliphatic rings. The number of aliphatic hydroxyl groups excluding tert-OH is 1. The summed E-state index contributed by atoms with van der Waals surface area (Å²) in [6.07, 6.45) is 1.92. The van der Waals surface area contributed by atoms with E-state index in [1.54, 1.807) is 11.6 Å². The van der Waals surface area contributed by atoms with Gasteiger partial charge in [0, 0.05) is 19.5 Å². The van der Waals surface area contributed by atoms with E-state index < -0.39 is 6.10 Å². The van der Waals surface area contributed by atoms with Crippen molar-refractivity contribution in [2.45, 2.75) is 38.7 Å². The van der Waals surface area contributed by atoms with Crippen LogP contribution < -0.4 is 5.32 Å². The first-order chi connectivity index (χ1) is 9.06. The van der Waals surface area contributed by atoms with Gasteiger partial charge >= 0.3 is 0 Å². The van der Waals surface area contributed by atoms with Gasteiger partial charge in [-0.25, -0.2) is 9.97 Å². The largest absolute Gasteiger partial charge is 0.392 e. The maximum Gasteiger partial charge on any atom is 0.156 e. The van der Waals surface area contributed by atoms with Crippen molar-refractivity contribution in [2.24, 2.45) is 7.05 Å². The van der Waals surface area contributed by atoms with Crippen molar-refractivity contribution in [3.63, 3.8) is 0 Å². The van der Waals surface area contributed by atoms with Crippen molar-refractivity contribution in [3.05, 3.63) is 11.5 Å². The maximum atomic E-state index is 9.42. The second-order valence-electron chi connectivity index (χ2n) is 5.34. The van der Waals surface area contributed by atoms with Crippen LogP contribution in [0.15, 0.2) is 0 Å². The Morgan fingerprint density at radius 3 is 2.79 bits per heavy atom. The second kappa shape index (κ2) is 4.45. The molecule has 3 rings (SSSR count). The smallest absolute Gasteiger partial charge is 0.156 e. The van der Waals surface area contributed by atoms with Crippen molar-refractivity contribution in [2.75, 3.05) is 11.9 Å². The zero-order chi connectivity index (χ0) is 13.6. The van der Waals surface area contributed by atoms with Gasteiger partial charge in [0.25, 0.3) is 0 Å². The minimum atomic E-state index is -0.413. The van der Waals surface area contributed by atoms with E-state index in [-0.39, 0.29) is 0 Å². The van der Waals surface area contributed by atoms with Crippen LogP contribution in [-0.4, -0.2) is 37.5 Å². The summed E-state index contributed by atoms with van der Waals surface area (Å²) >= 11 is 0. The Morgan fingerprint density at radius 2 is 2.16 bits per heavy atom. The third kappa shape index (κ3) is 2.28. The molecule has 0 radical (unpaired) electrons. The normalized spacial score (nSPS) is 16.8. The van der Waals surface area contributed by atoms with Crippen LogP contribution in [-0.2, 0) is 7.05 Å². The molecule has 19 heavy (non-hydrogen) atoms. The van der Waals surface area contributed by atoms with E-state index in [0.717, 1.165) is 28.4 Å². The molecule has 0 aromatic carbocycles. The van der Waals surface area contributed by atoms with Crippen LogP contribution in [0.1, 0.15) is 37.2 Å². The average Bonchev–Trinajstić information content (AvgIpc) is 3.15. The Bertz CT molecular complexity index is 615. The van der Waals surface area contributed by atoms with Crippen LogP contribution in [0.3, 0.4) is 0 Å². The summed E-state index contributed by atoms with van der Waals surface area (Å²) in [5.74, 6) is 2.17. The number of fused-ring (bicyclic) bond motifs is 1. The number of anilines is 1. The lowest BCUT2D eigenvalue weighted by atomic mass is 10.3. The molecular formula is C13H19N5O. The Morgan fingerprint density at radius 1 is 1.42 bits per heavy atom. The Kier molecular flexibility index (Phi) is 2.89. The lowest BCUT2D eigenvalue weighted by molar-refractivity contribution is 0.208. The highest BCUT2D eigenvalue weighted by Gasteiger charge is 2.28. The molecule has 2 aromatic heterocycles. The van der Waals surface area contributed by atoms with Crippen molar-refractivity contribution in [1.29, 1.82) is 0 Å². The van der Waals surface area contributed by atoms with Gasteiger partial charge in [-0.05, 0) is 26.7 Å². The third-order valence-electron chi connectivity index (χ3n) is 3.38. The van der Waals surface area contributed by atoms with Gasteiger partial charge in [0.15, 0.2) is 5.82 Å². The summed E-state index contributed by atoms with van der Waals surface area (Å²) in [4.78, 5) is 9.26. The first-order valence-electron chi connectivity index (χ1n) is 6.69. The van der Waals surface area contributed by atoms with Crippen LogP contribution >= 0.6 is 0 Å². The van der Waals surface area contributed by atoms with Crippen LogP contribution in [0.4, 0.5) is 5.82 Å². The van der Waals surface area contributed by atoms with Gasteiger partial charge in [0.2, 0.25) is 0 Å².